The molecule has 2 heterocycles. The van der Waals surface area contributed by atoms with Crippen molar-refractivity contribution in [2.45, 2.75) is 134 Å². The van der Waals surface area contributed by atoms with Crippen LogP contribution in [0.25, 0.3) is 0 Å². The van der Waals surface area contributed by atoms with Crippen LogP contribution in [0, 0.1) is 12.8 Å². The molecule has 0 aliphatic carbocycles. The summed E-state index contributed by atoms with van der Waals surface area (Å²) in [6.45, 7) is 5.31. The average molecular weight is 645 g/mol. The molecule has 1 aromatic rings. The fraction of sp³-hybridized carbons (Fsp3) is 0.781. The summed E-state index contributed by atoms with van der Waals surface area (Å²) in [4.78, 5) is 12.2. The molecule has 13 nitrogen and oxygen atoms in total. The van der Waals surface area contributed by atoms with Crippen LogP contribution in [0.5, 0.6) is 5.75 Å². The van der Waals surface area contributed by atoms with Gasteiger partial charge in [0.15, 0.2) is 6.29 Å². The Morgan fingerprint density at radius 3 is 2.13 bits per heavy atom. The Kier molecular flexibility index (Phi) is 15.4. The second-order valence-corrected chi connectivity index (χ2v) is 12.4. The molecule has 0 spiro atoms. The number of hydrogen-bond acceptors (Lipinski definition) is 13. The third-order valence-electron chi connectivity index (χ3n) is 8.25. The summed E-state index contributed by atoms with van der Waals surface area (Å²) in [6.07, 6.45) is -7.88. The third-order valence-corrected chi connectivity index (χ3v) is 8.25. The van der Waals surface area contributed by atoms with E-state index in [0.717, 1.165) is 30.7 Å². The zero-order chi connectivity index (χ0) is 33.1. The van der Waals surface area contributed by atoms with Gasteiger partial charge in [0, 0.05) is 6.42 Å². The van der Waals surface area contributed by atoms with Gasteiger partial charge in [-0.1, -0.05) is 58.1 Å². The Hall–Kier alpha value is -1.91. The Bertz CT molecular complexity index is 1020. The molecule has 0 radical (unpaired) electrons. The van der Waals surface area contributed by atoms with Gasteiger partial charge in [-0.15, -0.1) is 0 Å². The summed E-state index contributed by atoms with van der Waals surface area (Å²) in [5.41, 5.74) is 1.57. The summed E-state index contributed by atoms with van der Waals surface area (Å²) in [5.74, 6) is 0.824. The molecule has 45 heavy (non-hydrogen) atoms. The maximum Gasteiger partial charge on any atom is 0.306 e. The third kappa shape index (κ3) is 10.8. The van der Waals surface area contributed by atoms with E-state index < -0.39 is 74.6 Å². The molecular formula is C32H52O13. The van der Waals surface area contributed by atoms with Crippen molar-refractivity contribution in [3.63, 3.8) is 0 Å². The highest BCUT2D eigenvalue weighted by Crippen LogP contribution is 2.31. The Morgan fingerprint density at radius 2 is 1.47 bits per heavy atom. The van der Waals surface area contributed by atoms with Crippen LogP contribution >= 0.6 is 0 Å². The van der Waals surface area contributed by atoms with Gasteiger partial charge in [-0.3, -0.25) is 4.79 Å². The van der Waals surface area contributed by atoms with Crippen molar-refractivity contribution >= 4 is 5.97 Å². The number of aryl methyl sites for hydroxylation is 2. The molecule has 2 fully saturated rings. The van der Waals surface area contributed by atoms with Crippen molar-refractivity contribution in [3.8, 4) is 5.75 Å². The zero-order valence-corrected chi connectivity index (χ0v) is 26.4. The molecule has 10 unspecified atom stereocenters. The highest BCUT2D eigenvalue weighted by Gasteiger charge is 2.51. The molecule has 2 saturated heterocycles. The summed E-state index contributed by atoms with van der Waals surface area (Å²) < 4.78 is 27.8. The lowest BCUT2D eigenvalue weighted by atomic mass is 9.97. The minimum absolute atomic E-state index is 0.235. The number of carbonyl (C=O) groups excluding carboxylic acids is 1. The second kappa shape index (κ2) is 18.4. The van der Waals surface area contributed by atoms with E-state index in [9.17, 15) is 40.5 Å². The molecule has 0 saturated carbocycles. The van der Waals surface area contributed by atoms with E-state index in [1.54, 1.807) is 19.1 Å². The van der Waals surface area contributed by atoms with Crippen molar-refractivity contribution < 1.29 is 64.2 Å². The highest BCUT2D eigenvalue weighted by molar-refractivity contribution is 5.69. The summed E-state index contributed by atoms with van der Waals surface area (Å²) in [7, 11) is 0. The molecular weight excluding hydrogens is 592 g/mol. The van der Waals surface area contributed by atoms with E-state index in [0.29, 0.717) is 24.3 Å². The van der Waals surface area contributed by atoms with Crippen LogP contribution in [-0.2, 0) is 30.2 Å². The first-order valence-corrected chi connectivity index (χ1v) is 16.0. The van der Waals surface area contributed by atoms with Crippen LogP contribution in [0.1, 0.15) is 69.9 Å². The van der Waals surface area contributed by atoms with Crippen molar-refractivity contribution in [1.29, 1.82) is 0 Å². The minimum Gasteiger partial charge on any atom is -0.466 e. The first-order chi connectivity index (χ1) is 21.5. The van der Waals surface area contributed by atoms with E-state index in [4.69, 9.17) is 23.7 Å². The van der Waals surface area contributed by atoms with Gasteiger partial charge in [0.05, 0.1) is 19.8 Å². The number of rotatable bonds is 17. The predicted octanol–water partition coefficient (Wildman–Crippen LogP) is 0.470. The highest BCUT2D eigenvalue weighted by atomic mass is 16.7. The minimum atomic E-state index is -1.75. The largest absolute Gasteiger partial charge is 0.466 e. The van der Waals surface area contributed by atoms with E-state index in [1.165, 1.54) is 19.3 Å². The number of ether oxygens (including phenoxy) is 5. The summed E-state index contributed by atoms with van der Waals surface area (Å²) in [6, 6.07) is 5.26. The lowest BCUT2D eigenvalue weighted by molar-refractivity contribution is -0.352. The van der Waals surface area contributed by atoms with Gasteiger partial charge < -0.3 is 59.4 Å². The van der Waals surface area contributed by atoms with Crippen LogP contribution in [0.2, 0.25) is 0 Å². The van der Waals surface area contributed by atoms with Crippen LogP contribution in [-0.4, -0.2) is 123 Å². The molecule has 7 N–H and O–H groups in total. The van der Waals surface area contributed by atoms with Crippen LogP contribution in [0.4, 0.5) is 0 Å². The second-order valence-electron chi connectivity index (χ2n) is 12.4. The summed E-state index contributed by atoms with van der Waals surface area (Å²) >= 11 is 0. The van der Waals surface area contributed by atoms with Crippen LogP contribution in [0.3, 0.4) is 0 Å². The van der Waals surface area contributed by atoms with E-state index in [-0.39, 0.29) is 12.4 Å². The van der Waals surface area contributed by atoms with Gasteiger partial charge in [0.2, 0.25) is 6.29 Å². The number of aliphatic hydroxyl groups is 7. The molecule has 3 rings (SSSR count). The number of carbonyl (C=O) groups is 1. The van der Waals surface area contributed by atoms with Crippen molar-refractivity contribution in [2.75, 3.05) is 19.8 Å². The lowest BCUT2D eigenvalue weighted by Crippen LogP contribution is -2.65. The average Bonchev–Trinajstić information content (AvgIpc) is 3.01. The first kappa shape index (κ1) is 37.5. The van der Waals surface area contributed by atoms with Crippen molar-refractivity contribution in [2.24, 2.45) is 5.92 Å². The monoisotopic (exact) mass is 644 g/mol. The van der Waals surface area contributed by atoms with Gasteiger partial charge >= 0.3 is 5.97 Å². The van der Waals surface area contributed by atoms with E-state index in [2.05, 4.69) is 13.8 Å². The van der Waals surface area contributed by atoms with Gasteiger partial charge in [-0.25, -0.2) is 0 Å². The van der Waals surface area contributed by atoms with Gasteiger partial charge in [0.25, 0.3) is 0 Å². The molecule has 0 aromatic heterocycles. The maximum atomic E-state index is 12.2. The molecule has 13 heteroatoms. The first-order valence-electron chi connectivity index (χ1n) is 16.0. The van der Waals surface area contributed by atoms with Gasteiger partial charge in [-0.05, 0) is 42.9 Å². The van der Waals surface area contributed by atoms with Crippen molar-refractivity contribution in [3.05, 3.63) is 29.3 Å². The van der Waals surface area contributed by atoms with E-state index in [1.807, 2.05) is 6.07 Å². The summed E-state index contributed by atoms with van der Waals surface area (Å²) in [5, 5.41) is 71.3. The Labute approximate surface area is 264 Å². The maximum absolute atomic E-state index is 12.2. The lowest BCUT2D eigenvalue weighted by Gasteiger charge is -2.45. The molecule has 2 aliphatic heterocycles. The van der Waals surface area contributed by atoms with E-state index >= 15 is 0 Å². The zero-order valence-electron chi connectivity index (χ0n) is 26.4. The number of unbranched alkanes of at least 4 members (excludes halogenated alkanes) is 4. The predicted molar refractivity (Wildman–Crippen MR) is 160 cm³/mol. The topological polar surface area (TPSA) is 205 Å². The fourth-order valence-corrected chi connectivity index (χ4v) is 5.47. The quantitative estimate of drug-likeness (QED) is 0.0911. The molecule has 1 aromatic carbocycles. The number of aliphatic hydroxyl groups excluding tert-OH is 7. The molecule has 2 aliphatic rings. The molecule has 0 bridgehead atoms. The number of hydrogen-bond donors (Lipinski definition) is 7. The Morgan fingerprint density at radius 1 is 0.822 bits per heavy atom. The number of esters is 1. The van der Waals surface area contributed by atoms with Crippen LogP contribution in [0.15, 0.2) is 18.2 Å². The van der Waals surface area contributed by atoms with Crippen molar-refractivity contribution in [1.82, 2.24) is 0 Å². The SMILES string of the molecule is Cc1cc(CCC(=O)OCCCCCCCC(C)C)ccc1OC1OC(CO)C(OC2OC(CO)C(O)C(O)C2O)C(O)C1O. The van der Waals surface area contributed by atoms with Crippen LogP contribution < -0.4 is 4.74 Å². The molecule has 10 atom stereocenters. The normalized spacial score (nSPS) is 32.1. The Balaban J connectivity index is 1.47. The number of benzene rings is 1. The fourth-order valence-electron chi connectivity index (χ4n) is 5.47. The van der Waals surface area contributed by atoms with Gasteiger partial charge in [-0.2, -0.15) is 0 Å². The molecule has 0 amide bonds. The smallest absolute Gasteiger partial charge is 0.306 e. The molecule has 258 valence electrons. The standard InChI is InChI=1S/C32H52O13/c1-18(2)9-7-5-4-6-8-14-41-24(35)13-11-20-10-12-21(19(3)15-20)42-31-29(40)27(38)30(23(17-34)44-31)45-32-28(39)26(37)25(36)22(16-33)43-32/h10,12,15,18,22-23,25-34,36-40H,4-9,11,13-14,16-17H2,1-3H3. The van der Waals surface area contributed by atoms with Gasteiger partial charge in [0.1, 0.15) is 54.6 Å².